The lowest BCUT2D eigenvalue weighted by atomic mass is 9.97. The maximum atomic E-state index is 13.2. The highest BCUT2D eigenvalue weighted by atomic mass is 32.2. The van der Waals surface area contributed by atoms with E-state index in [4.69, 9.17) is 9.84 Å². The van der Waals surface area contributed by atoms with E-state index in [9.17, 15) is 32.7 Å². The van der Waals surface area contributed by atoms with Crippen molar-refractivity contribution in [2.45, 2.75) is 56.0 Å². The quantitative estimate of drug-likeness (QED) is 0.398. The molecule has 2 aromatic carbocycles. The Balaban J connectivity index is 1.35. The predicted molar refractivity (Wildman–Crippen MR) is 146 cm³/mol. The van der Waals surface area contributed by atoms with Crippen molar-refractivity contribution in [3.8, 4) is 5.75 Å². The monoisotopic (exact) mass is 587 g/mol. The van der Waals surface area contributed by atoms with Crippen LogP contribution in [0.15, 0.2) is 53.4 Å². The summed E-state index contributed by atoms with van der Waals surface area (Å²) in [7, 11) is -3.94. The van der Waals surface area contributed by atoms with Crippen molar-refractivity contribution < 1.29 is 42.5 Å². The first-order chi connectivity index (χ1) is 19.5. The number of benzene rings is 2. The number of aliphatic carboxylic acids is 2. The van der Waals surface area contributed by atoms with Crippen LogP contribution in [0.2, 0.25) is 0 Å². The molecule has 0 bridgehead atoms. The van der Waals surface area contributed by atoms with E-state index in [-0.39, 0.29) is 43.1 Å². The predicted octanol–water partition coefficient (Wildman–Crippen LogP) is 2.26. The number of amides is 2. The minimum Gasteiger partial charge on any atom is -0.481 e. The number of sulfonamides is 1. The van der Waals surface area contributed by atoms with E-state index < -0.39 is 52.0 Å². The van der Waals surface area contributed by atoms with E-state index in [0.717, 1.165) is 9.87 Å². The number of carboxylic acid groups (broad SMARTS) is 2. The van der Waals surface area contributed by atoms with Gasteiger partial charge in [-0.05, 0) is 62.4 Å². The minimum atomic E-state index is -3.94. The molecule has 2 aliphatic heterocycles. The zero-order chi connectivity index (χ0) is 29.7. The number of carbonyl (C=O) groups is 4. The Morgan fingerprint density at radius 1 is 0.951 bits per heavy atom. The van der Waals surface area contributed by atoms with Gasteiger partial charge in [-0.1, -0.05) is 29.8 Å². The van der Waals surface area contributed by atoms with Gasteiger partial charge in [0.05, 0.1) is 10.8 Å². The molecule has 3 N–H and O–H groups in total. The number of nitrogens with one attached hydrogen (secondary N) is 1. The lowest BCUT2D eigenvalue weighted by Crippen LogP contribution is -2.51. The van der Waals surface area contributed by atoms with Crippen LogP contribution in [0.25, 0.3) is 0 Å². The Morgan fingerprint density at radius 2 is 1.59 bits per heavy atom. The molecule has 2 saturated heterocycles. The Labute approximate surface area is 237 Å². The van der Waals surface area contributed by atoms with Crippen LogP contribution in [0.1, 0.15) is 36.8 Å². The molecule has 4 rings (SSSR count). The second-order valence-corrected chi connectivity index (χ2v) is 12.2. The van der Waals surface area contributed by atoms with Gasteiger partial charge >= 0.3 is 18.0 Å². The van der Waals surface area contributed by atoms with Crippen LogP contribution in [-0.2, 0) is 30.8 Å². The van der Waals surface area contributed by atoms with Gasteiger partial charge < -0.3 is 25.2 Å². The molecule has 2 fully saturated rings. The highest BCUT2D eigenvalue weighted by Crippen LogP contribution is 2.27. The van der Waals surface area contributed by atoms with Crippen molar-refractivity contribution in [2.75, 3.05) is 19.6 Å². The van der Waals surface area contributed by atoms with Crippen LogP contribution in [0.5, 0.6) is 5.75 Å². The number of aryl methyl sites for hydroxylation is 1. The molecular formula is C28H33N3O9S. The fourth-order valence-electron chi connectivity index (χ4n) is 5.01. The van der Waals surface area contributed by atoms with Gasteiger partial charge in [-0.3, -0.25) is 9.59 Å². The van der Waals surface area contributed by atoms with E-state index in [1.54, 1.807) is 24.3 Å². The summed E-state index contributed by atoms with van der Waals surface area (Å²) < 4.78 is 32.9. The van der Waals surface area contributed by atoms with Crippen molar-refractivity contribution in [2.24, 2.45) is 5.92 Å². The van der Waals surface area contributed by atoms with E-state index in [2.05, 4.69) is 5.32 Å². The summed E-state index contributed by atoms with van der Waals surface area (Å²) in [6, 6.07) is 10.2. The van der Waals surface area contributed by atoms with Gasteiger partial charge in [0.1, 0.15) is 17.8 Å². The molecule has 2 aromatic rings. The Morgan fingerprint density at radius 3 is 2.17 bits per heavy atom. The summed E-state index contributed by atoms with van der Waals surface area (Å²) >= 11 is 0. The third kappa shape index (κ3) is 7.22. The molecule has 2 amide bonds. The molecule has 220 valence electrons. The third-order valence-electron chi connectivity index (χ3n) is 7.42. The molecule has 12 nitrogen and oxygen atoms in total. The molecule has 13 heteroatoms. The van der Waals surface area contributed by atoms with Gasteiger partial charge in [0, 0.05) is 26.1 Å². The number of carbonyl (C=O) groups excluding carboxylic acids is 2. The molecule has 2 heterocycles. The second-order valence-electron chi connectivity index (χ2n) is 10.3. The standard InChI is InChI=1S/C28H33N3O9S/c1-18-4-10-22(11-5-18)41(38,39)31-14-2-3-24(31)25(32)29-23(27(35)36)17-19-6-8-21(9-7-19)40-28(37)30-15-12-20(13-16-30)26(33)34/h4-11,20,23-24H,2-3,12-17H2,1H3,(H,29,32)(H,33,34)(H,35,36)/t23-,24-/m0/s1. The maximum Gasteiger partial charge on any atom is 0.415 e. The molecule has 0 aromatic heterocycles. The number of likely N-dealkylation sites (tertiary alicyclic amines) is 1. The Hall–Kier alpha value is -3.97. The van der Waals surface area contributed by atoms with Gasteiger partial charge in [-0.15, -0.1) is 0 Å². The molecule has 0 unspecified atom stereocenters. The van der Waals surface area contributed by atoms with E-state index in [0.29, 0.717) is 24.8 Å². The molecule has 0 spiro atoms. The number of hydrogen-bond donors (Lipinski definition) is 3. The zero-order valence-electron chi connectivity index (χ0n) is 22.6. The number of piperidine rings is 1. The minimum absolute atomic E-state index is 0.0723. The van der Waals surface area contributed by atoms with Crippen LogP contribution < -0.4 is 10.1 Å². The first-order valence-corrected chi connectivity index (χ1v) is 14.8. The zero-order valence-corrected chi connectivity index (χ0v) is 23.4. The van der Waals surface area contributed by atoms with E-state index in [1.807, 2.05) is 6.92 Å². The van der Waals surface area contributed by atoms with Gasteiger partial charge in [0.15, 0.2) is 0 Å². The van der Waals surface area contributed by atoms with Gasteiger partial charge in [0.25, 0.3) is 0 Å². The molecule has 0 aliphatic carbocycles. The Bertz CT molecular complexity index is 1390. The SMILES string of the molecule is Cc1ccc(S(=O)(=O)N2CCC[C@H]2C(=O)N[C@@H](Cc2ccc(OC(=O)N3CCC(C(=O)O)CC3)cc2)C(=O)O)cc1. The summed E-state index contributed by atoms with van der Waals surface area (Å²) in [5.74, 6) is -3.07. The van der Waals surface area contributed by atoms with Gasteiger partial charge in [0.2, 0.25) is 15.9 Å². The number of rotatable bonds is 9. The van der Waals surface area contributed by atoms with E-state index in [1.165, 1.54) is 29.2 Å². The fraction of sp³-hybridized carbons (Fsp3) is 0.429. The number of ether oxygens (including phenoxy) is 1. The van der Waals surface area contributed by atoms with Gasteiger partial charge in [-0.25, -0.2) is 18.0 Å². The topological polar surface area (TPSA) is 171 Å². The fourth-order valence-corrected chi connectivity index (χ4v) is 6.66. The normalized spacial score (nSPS) is 19.0. The maximum absolute atomic E-state index is 13.2. The summed E-state index contributed by atoms with van der Waals surface area (Å²) in [6.07, 6.45) is 0.773. The summed E-state index contributed by atoms with van der Waals surface area (Å²) in [4.78, 5) is 50.1. The molecule has 2 atom stereocenters. The van der Waals surface area contributed by atoms with Crippen LogP contribution in [-0.4, -0.2) is 83.5 Å². The lowest BCUT2D eigenvalue weighted by Gasteiger charge is -2.29. The van der Waals surface area contributed by atoms with Crippen molar-refractivity contribution >= 4 is 34.0 Å². The Kier molecular flexibility index (Phi) is 9.28. The van der Waals surface area contributed by atoms with Gasteiger partial charge in [-0.2, -0.15) is 4.31 Å². The highest BCUT2D eigenvalue weighted by molar-refractivity contribution is 7.89. The number of carboxylic acids is 2. The van der Waals surface area contributed by atoms with Crippen molar-refractivity contribution in [1.82, 2.24) is 14.5 Å². The van der Waals surface area contributed by atoms with Crippen LogP contribution in [0.3, 0.4) is 0 Å². The largest absolute Gasteiger partial charge is 0.481 e. The first-order valence-electron chi connectivity index (χ1n) is 13.4. The molecule has 0 radical (unpaired) electrons. The first kappa shape index (κ1) is 30.0. The van der Waals surface area contributed by atoms with Crippen LogP contribution in [0, 0.1) is 12.8 Å². The summed E-state index contributed by atoms with van der Waals surface area (Å²) in [5.41, 5.74) is 1.45. The number of hydrogen-bond acceptors (Lipinski definition) is 7. The lowest BCUT2D eigenvalue weighted by molar-refractivity contribution is -0.143. The second kappa shape index (κ2) is 12.7. The summed E-state index contributed by atoms with van der Waals surface area (Å²) in [5, 5.41) is 21.4. The molecule has 2 aliphatic rings. The van der Waals surface area contributed by atoms with Crippen molar-refractivity contribution in [1.29, 1.82) is 0 Å². The number of nitrogens with zero attached hydrogens (tertiary/aromatic N) is 2. The highest BCUT2D eigenvalue weighted by Gasteiger charge is 2.40. The third-order valence-corrected chi connectivity index (χ3v) is 9.34. The molecule has 0 saturated carbocycles. The van der Waals surface area contributed by atoms with Crippen LogP contribution in [0.4, 0.5) is 4.79 Å². The van der Waals surface area contributed by atoms with Crippen molar-refractivity contribution in [3.63, 3.8) is 0 Å². The molecular weight excluding hydrogens is 554 g/mol. The van der Waals surface area contributed by atoms with Crippen molar-refractivity contribution in [3.05, 3.63) is 59.7 Å². The summed E-state index contributed by atoms with van der Waals surface area (Å²) in [6.45, 7) is 2.55. The van der Waals surface area contributed by atoms with Crippen LogP contribution >= 0.6 is 0 Å². The smallest absolute Gasteiger partial charge is 0.415 e. The average molecular weight is 588 g/mol. The van der Waals surface area contributed by atoms with E-state index >= 15 is 0 Å². The molecule has 41 heavy (non-hydrogen) atoms. The average Bonchev–Trinajstić information content (AvgIpc) is 3.45.